The van der Waals surface area contributed by atoms with Crippen LogP contribution in [0.15, 0.2) is 66.7 Å². The molecule has 2 heterocycles. The lowest BCUT2D eigenvalue weighted by Crippen LogP contribution is -2.09. The van der Waals surface area contributed by atoms with E-state index in [1.165, 1.54) is 29.0 Å². The first kappa shape index (κ1) is 19.3. The number of amides is 1. The zero-order chi connectivity index (χ0) is 21.5. The van der Waals surface area contributed by atoms with E-state index in [2.05, 4.69) is 24.4 Å². The number of anilines is 1. The van der Waals surface area contributed by atoms with Gasteiger partial charge in [0.2, 0.25) is 0 Å². The molecule has 0 radical (unpaired) electrons. The molecule has 1 amide bonds. The lowest BCUT2D eigenvalue weighted by atomic mass is 10.2. The van der Waals surface area contributed by atoms with Crippen LogP contribution in [0.2, 0.25) is 0 Å². The van der Waals surface area contributed by atoms with E-state index in [9.17, 15) is 14.9 Å². The summed E-state index contributed by atoms with van der Waals surface area (Å²) in [5.74, 6) is -0.243. The first-order valence-electron chi connectivity index (χ1n) is 9.43. The van der Waals surface area contributed by atoms with Crippen molar-refractivity contribution >= 4 is 60.3 Å². The van der Waals surface area contributed by atoms with E-state index in [0.29, 0.717) is 16.0 Å². The number of thiophene rings is 1. The van der Waals surface area contributed by atoms with Crippen molar-refractivity contribution in [2.45, 2.75) is 6.92 Å². The number of fused-ring (bicyclic) bond motifs is 2. The van der Waals surface area contributed by atoms with Crippen LogP contribution in [0.4, 0.5) is 11.4 Å². The predicted octanol–water partition coefficient (Wildman–Crippen LogP) is 6.65. The number of non-ortho nitro benzene ring substituents is 1. The Kier molecular flexibility index (Phi) is 4.72. The van der Waals surface area contributed by atoms with Gasteiger partial charge in [0, 0.05) is 33.5 Å². The Morgan fingerprint density at radius 3 is 2.55 bits per heavy atom. The highest BCUT2D eigenvalue weighted by atomic mass is 32.1. The molecule has 1 N–H and O–H groups in total. The summed E-state index contributed by atoms with van der Waals surface area (Å²) in [5, 5.41) is 15.5. The molecule has 5 aromatic rings. The number of rotatable bonds is 4. The minimum Gasteiger partial charge on any atom is -0.321 e. The minimum atomic E-state index is -0.439. The number of nitro benzene ring substituents is 1. The summed E-state index contributed by atoms with van der Waals surface area (Å²) in [7, 11) is 0. The van der Waals surface area contributed by atoms with Crippen LogP contribution in [-0.4, -0.2) is 15.8 Å². The van der Waals surface area contributed by atoms with Crippen molar-refractivity contribution in [2.75, 3.05) is 5.32 Å². The molecule has 0 unspecified atom stereocenters. The number of aromatic nitrogens is 1. The van der Waals surface area contributed by atoms with Gasteiger partial charge in [-0.05, 0) is 61.0 Å². The van der Waals surface area contributed by atoms with Gasteiger partial charge in [0.1, 0.15) is 5.01 Å². The summed E-state index contributed by atoms with van der Waals surface area (Å²) in [6.45, 7) is 2.06. The van der Waals surface area contributed by atoms with Gasteiger partial charge in [-0.2, -0.15) is 0 Å². The molecule has 0 fully saturated rings. The number of hydrogen-bond donors (Lipinski definition) is 1. The molecule has 0 bridgehead atoms. The Labute approximate surface area is 185 Å². The van der Waals surface area contributed by atoms with Crippen LogP contribution < -0.4 is 5.32 Å². The number of thiazole rings is 1. The first-order chi connectivity index (χ1) is 15.0. The number of hydrogen-bond acceptors (Lipinski definition) is 6. The van der Waals surface area contributed by atoms with Gasteiger partial charge in [-0.1, -0.05) is 6.07 Å². The summed E-state index contributed by atoms with van der Waals surface area (Å²) < 4.78 is 1.98. The lowest BCUT2D eigenvalue weighted by molar-refractivity contribution is -0.384. The topological polar surface area (TPSA) is 85.1 Å². The summed E-state index contributed by atoms with van der Waals surface area (Å²) in [4.78, 5) is 28.4. The molecule has 0 saturated carbocycles. The number of carbonyl (C=O) groups is 1. The molecule has 2 aromatic heterocycles. The van der Waals surface area contributed by atoms with Crippen molar-refractivity contribution < 1.29 is 9.72 Å². The third kappa shape index (κ3) is 3.78. The molecule has 0 aliphatic rings. The quantitative estimate of drug-likeness (QED) is 0.248. The molecule has 0 aliphatic heterocycles. The van der Waals surface area contributed by atoms with Crippen molar-refractivity contribution in [3.63, 3.8) is 0 Å². The maximum Gasteiger partial charge on any atom is 0.270 e. The second-order valence-electron chi connectivity index (χ2n) is 7.11. The highest BCUT2D eigenvalue weighted by molar-refractivity contribution is 7.21. The fourth-order valence-corrected chi connectivity index (χ4v) is 5.31. The van der Waals surface area contributed by atoms with Gasteiger partial charge in [0.05, 0.1) is 20.0 Å². The monoisotopic (exact) mass is 445 g/mol. The Bertz CT molecular complexity index is 1470. The van der Waals surface area contributed by atoms with Gasteiger partial charge in [0.25, 0.3) is 11.6 Å². The molecular weight excluding hydrogens is 430 g/mol. The standard InChI is InChI=1S/C23H15N3O3S2/c1-13-2-8-18-20(10-13)31-23(25-18)14-3-5-16(6-4-14)24-22(27)21-12-15-11-17(26(28)29)7-9-19(15)30-21/h2-12H,1H3,(H,24,27). The van der Waals surface area contributed by atoms with Crippen LogP contribution in [0.3, 0.4) is 0 Å². The van der Waals surface area contributed by atoms with Gasteiger partial charge in [-0.25, -0.2) is 4.98 Å². The number of carbonyl (C=O) groups excluding carboxylic acids is 1. The van der Waals surface area contributed by atoms with Crippen LogP contribution in [0, 0.1) is 17.0 Å². The second-order valence-corrected chi connectivity index (χ2v) is 9.23. The minimum absolute atomic E-state index is 0.0119. The van der Waals surface area contributed by atoms with Crippen LogP contribution in [-0.2, 0) is 0 Å². The Balaban J connectivity index is 1.35. The lowest BCUT2D eigenvalue weighted by Gasteiger charge is -2.04. The fraction of sp³-hybridized carbons (Fsp3) is 0.0435. The second kappa shape index (κ2) is 7.57. The largest absolute Gasteiger partial charge is 0.321 e. The normalized spacial score (nSPS) is 11.1. The average molecular weight is 446 g/mol. The zero-order valence-electron chi connectivity index (χ0n) is 16.3. The average Bonchev–Trinajstić information content (AvgIpc) is 3.37. The van der Waals surface area contributed by atoms with E-state index in [0.717, 1.165) is 25.5 Å². The smallest absolute Gasteiger partial charge is 0.270 e. The Hall–Kier alpha value is -3.62. The number of nitrogens with one attached hydrogen (secondary N) is 1. The molecule has 3 aromatic carbocycles. The van der Waals surface area contributed by atoms with E-state index in [4.69, 9.17) is 4.98 Å². The van der Waals surface area contributed by atoms with Gasteiger partial charge in [-0.15, -0.1) is 22.7 Å². The van der Waals surface area contributed by atoms with Gasteiger partial charge >= 0.3 is 0 Å². The fourth-order valence-electron chi connectivity index (χ4n) is 3.30. The first-order valence-corrected chi connectivity index (χ1v) is 11.1. The predicted molar refractivity (Wildman–Crippen MR) is 126 cm³/mol. The van der Waals surface area contributed by atoms with Crippen molar-refractivity contribution in [1.29, 1.82) is 0 Å². The third-order valence-electron chi connectivity index (χ3n) is 4.87. The summed E-state index contributed by atoms with van der Waals surface area (Å²) in [6, 6.07) is 20.1. The van der Waals surface area contributed by atoms with Crippen molar-refractivity contribution in [3.8, 4) is 10.6 Å². The zero-order valence-corrected chi connectivity index (χ0v) is 17.9. The molecule has 8 heteroatoms. The van der Waals surface area contributed by atoms with Crippen molar-refractivity contribution in [2.24, 2.45) is 0 Å². The van der Waals surface area contributed by atoms with Crippen molar-refractivity contribution in [3.05, 3.63) is 87.3 Å². The molecule has 31 heavy (non-hydrogen) atoms. The number of nitro groups is 1. The Morgan fingerprint density at radius 1 is 0.968 bits per heavy atom. The molecule has 5 rings (SSSR count). The van der Waals surface area contributed by atoms with Crippen LogP contribution >= 0.6 is 22.7 Å². The van der Waals surface area contributed by atoms with Gasteiger partial charge in [0.15, 0.2) is 0 Å². The number of nitrogens with zero attached hydrogens (tertiary/aromatic N) is 2. The van der Waals surface area contributed by atoms with Crippen LogP contribution in [0.5, 0.6) is 0 Å². The van der Waals surface area contributed by atoms with Crippen LogP contribution in [0.25, 0.3) is 30.9 Å². The molecule has 152 valence electrons. The highest BCUT2D eigenvalue weighted by Gasteiger charge is 2.14. The summed E-state index contributed by atoms with van der Waals surface area (Å²) >= 11 is 2.95. The van der Waals surface area contributed by atoms with Crippen LogP contribution in [0.1, 0.15) is 15.2 Å². The van der Waals surface area contributed by atoms with Crippen molar-refractivity contribution in [1.82, 2.24) is 4.98 Å². The maximum atomic E-state index is 12.7. The maximum absolute atomic E-state index is 12.7. The summed E-state index contributed by atoms with van der Waals surface area (Å²) in [5.41, 5.74) is 3.86. The van der Waals surface area contributed by atoms with E-state index < -0.39 is 4.92 Å². The molecule has 6 nitrogen and oxygen atoms in total. The molecule has 0 spiro atoms. The molecule has 0 aliphatic carbocycles. The van der Waals surface area contributed by atoms with E-state index in [1.54, 1.807) is 23.5 Å². The summed E-state index contributed by atoms with van der Waals surface area (Å²) in [6.07, 6.45) is 0. The SMILES string of the molecule is Cc1ccc2nc(-c3ccc(NC(=O)c4cc5cc([N+](=O)[O-])ccc5s4)cc3)sc2c1. The van der Waals surface area contributed by atoms with E-state index in [1.807, 2.05) is 30.3 Å². The highest BCUT2D eigenvalue weighted by Crippen LogP contribution is 2.32. The van der Waals surface area contributed by atoms with Gasteiger partial charge < -0.3 is 5.32 Å². The number of benzene rings is 3. The third-order valence-corrected chi connectivity index (χ3v) is 7.05. The number of aryl methyl sites for hydroxylation is 1. The van der Waals surface area contributed by atoms with E-state index in [-0.39, 0.29) is 11.6 Å². The molecule has 0 saturated heterocycles. The molecule has 0 atom stereocenters. The Morgan fingerprint density at radius 2 is 1.77 bits per heavy atom. The van der Waals surface area contributed by atoms with Gasteiger partial charge in [-0.3, -0.25) is 14.9 Å². The molecular formula is C23H15N3O3S2. The van der Waals surface area contributed by atoms with E-state index >= 15 is 0 Å².